The fraction of sp³-hybridized carbons (Fsp3) is 0.300. The highest BCUT2D eigenvalue weighted by atomic mass is 19.4. The van der Waals surface area contributed by atoms with E-state index in [1.807, 2.05) is 0 Å². The molecule has 0 aromatic heterocycles. The molecule has 0 saturated heterocycles. The van der Waals surface area contributed by atoms with Crippen LogP contribution in [-0.2, 0) is 0 Å². The van der Waals surface area contributed by atoms with Crippen molar-refractivity contribution in [3.8, 4) is 0 Å². The van der Waals surface area contributed by atoms with Crippen LogP contribution in [0.15, 0.2) is 18.2 Å². The number of halogens is 4. The largest absolute Gasteiger partial charge is 0.405 e. The summed E-state index contributed by atoms with van der Waals surface area (Å²) in [5.41, 5.74) is 0.651. The number of aryl methyl sites for hydroxylation is 1. The summed E-state index contributed by atoms with van der Waals surface area (Å²) >= 11 is 0. The van der Waals surface area contributed by atoms with Crippen LogP contribution in [0.3, 0.4) is 0 Å². The zero-order chi connectivity index (χ0) is 13.1. The molecule has 1 rings (SSSR count). The number of rotatable bonds is 2. The number of alkyl halides is 3. The SMILES string of the molecule is Cc1cc(F)cc(NC(=O)NCC(F)(F)F)c1. The molecular weight excluding hydrogens is 240 g/mol. The van der Waals surface area contributed by atoms with Gasteiger partial charge in [0.2, 0.25) is 0 Å². The average Bonchev–Trinajstić information content (AvgIpc) is 2.11. The van der Waals surface area contributed by atoms with Crippen LogP contribution in [0.25, 0.3) is 0 Å². The van der Waals surface area contributed by atoms with E-state index in [9.17, 15) is 22.4 Å². The van der Waals surface area contributed by atoms with Gasteiger partial charge in [0.15, 0.2) is 0 Å². The van der Waals surface area contributed by atoms with Gasteiger partial charge in [-0.15, -0.1) is 0 Å². The summed E-state index contributed by atoms with van der Waals surface area (Å²) in [6, 6.07) is 2.65. The fourth-order valence-electron chi connectivity index (χ4n) is 1.16. The van der Waals surface area contributed by atoms with Crippen molar-refractivity contribution >= 4 is 11.7 Å². The molecule has 2 amide bonds. The normalized spacial score (nSPS) is 11.1. The Balaban J connectivity index is 2.56. The number of anilines is 1. The predicted molar refractivity (Wildman–Crippen MR) is 54.2 cm³/mol. The lowest BCUT2D eigenvalue weighted by atomic mass is 10.2. The van der Waals surface area contributed by atoms with Crippen molar-refractivity contribution in [1.82, 2.24) is 5.32 Å². The smallest absolute Gasteiger partial charge is 0.329 e. The van der Waals surface area contributed by atoms with Crippen molar-refractivity contribution in [1.29, 1.82) is 0 Å². The summed E-state index contributed by atoms with van der Waals surface area (Å²) in [5.74, 6) is -0.573. The molecule has 0 aliphatic rings. The highest BCUT2D eigenvalue weighted by molar-refractivity contribution is 5.89. The molecular formula is C10H10F4N2O. The first-order valence-electron chi connectivity index (χ1n) is 4.65. The average molecular weight is 250 g/mol. The Morgan fingerprint density at radius 1 is 1.29 bits per heavy atom. The Labute approximate surface area is 94.8 Å². The molecule has 0 spiro atoms. The molecule has 0 unspecified atom stereocenters. The van der Waals surface area contributed by atoms with E-state index >= 15 is 0 Å². The maximum absolute atomic E-state index is 12.9. The van der Waals surface area contributed by atoms with Gasteiger partial charge in [-0.05, 0) is 30.7 Å². The summed E-state index contributed by atoms with van der Waals surface area (Å²) < 4.78 is 48.2. The minimum absolute atomic E-state index is 0.0992. The van der Waals surface area contributed by atoms with E-state index in [-0.39, 0.29) is 5.69 Å². The zero-order valence-corrected chi connectivity index (χ0v) is 8.86. The first-order valence-corrected chi connectivity index (χ1v) is 4.65. The predicted octanol–water partition coefficient (Wildman–Crippen LogP) is 2.82. The second-order valence-corrected chi connectivity index (χ2v) is 3.44. The Kier molecular flexibility index (Phi) is 3.93. The van der Waals surface area contributed by atoms with E-state index in [1.165, 1.54) is 12.1 Å². The molecule has 0 bridgehead atoms. The van der Waals surface area contributed by atoms with Gasteiger partial charge in [-0.2, -0.15) is 13.2 Å². The van der Waals surface area contributed by atoms with Crippen molar-refractivity contribution in [2.75, 3.05) is 11.9 Å². The van der Waals surface area contributed by atoms with Gasteiger partial charge in [-0.25, -0.2) is 9.18 Å². The number of hydrogen-bond acceptors (Lipinski definition) is 1. The zero-order valence-electron chi connectivity index (χ0n) is 8.86. The van der Waals surface area contributed by atoms with Gasteiger partial charge < -0.3 is 10.6 Å². The third-order valence-corrected chi connectivity index (χ3v) is 1.75. The second kappa shape index (κ2) is 5.03. The lowest BCUT2D eigenvalue weighted by Gasteiger charge is -2.10. The number of benzene rings is 1. The Morgan fingerprint density at radius 3 is 2.47 bits per heavy atom. The molecule has 1 aromatic rings. The molecule has 17 heavy (non-hydrogen) atoms. The van der Waals surface area contributed by atoms with E-state index in [0.717, 1.165) is 6.07 Å². The molecule has 3 nitrogen and oxygen atoms in total. The Hall–Kier alpha value is -1.79. The lowest BCUT2D eigenvalue weighted by molar-refractivity contribution is -0.122. The van der Waals surface area contributed by atoms with Gasteiger partial charge >= 0.3 is 12.2 Å². The molecule has 0 heterocycles. The van der Waals surface area contributed by atoms with Gasteiger partial charge in [-0.3, -0.25) is 0 Å². The van der Waals surface area contributed by atoms with Crippen LogP contribution in [0.1, 0.15) is 5.56 Å². The molecule has 7 heteroatoms. The van der Waals surface area contributed by atoms with Crippen LogP contribution in [-0.4, -0.2) is 18.8 Å². The Morgan fingerprint density at radius 2 is 1.94 bits per heavy atom. The molecule has 94 valence electrons. The third-order valence-electron chi connectivity index (χ3n) is 1.75. The maximum atomic E-state index is 12.9. The molecule has 0 atom stereocenters. The van der Waals surface area contributed by atoms with E-state index in [4.69, 9.17) is 0 Å². The standard InChI is InChI=1S/C10H10F4N2O/c1-6-2-7(11)4-8(3-6)16-9(17)15-5-10(12,13)14/h2-4H,5H2,1H3,(H2,15,16,17). The van der Waals surface area contributed by atoms with Crippen molar-refractivity contribution in [3.05, 3.63) is 29.6 Å². The minimum atomic E-state index is -4.48. The quantitative estimate of drug-likeness (QED) is 0.778. The number of carbonyl (C=O) groups excluding carboxylic acids is 1. The van der Waals surface area contributed by atoms with Crippen LogP contribution in [0.5, 0.6) is 0 Å². The van der Waals surface area contributed by atoms with Crippen LogP contribution in [0.2, 0.25) is 0 Å². The minimum Gasteiger partial charge on any atom is -0.329 e. The van der Waals surface area contributed by atoms with E-state index in [0.29, 0.717) is 5.56 Å². The molecule has 0 saturated carbocycles. The maximum Gasteiger partial charge on any atom is 0.405 e. The highest BCUT2D eigenvalue weighted by Crippen LogP contribution is 2.14. The van der Waals surface area contributed by atoms with Crippen LogP contribution in [0.4, 0.5) is 28.0 Å². The molecule has 0 aliphatic heterocycles. The first kappa shape index (κ1) is 13.3. The Bertz CT molecular complexity index is 397. The third kappa shape index (κ3) is 5.19. The van der Waals surface area contributed by atoms with Crippen molar-refractivity contribution in [3.63, 3.8) is 0 Å². The van der Waals surface area contributed by atoms with Crippen LogP contribution >= 0.6 is 0 Å². The molecule has 0 radical (unpaired) electrons. The topological polar surface area (TPSA) is 41.1 Å². The summed E-state index contributed by atoms with van der Waals surface area (Å²) in [6.07, 6.45) is -4.48. The van der Waals surface area contributed by atoms with Crippen molar-refractivity contribution in [2.45, 2.75) is 13.1 Å². The van der Waals surface area contributed by atoms with Gasteiger partial charge in [-0.1, -0.05) is 0 Å². The number of hydrogen-bond donors (Lipinski definition) is 2. The first-order chi connectivity index (χ1) is 7.76. The summed E-state index contributed by atoms with van der Waals surface area (Å²) in [7, 11) is 0. The lowest BCUT2D eigenvalue weighted by Crippen LogP contribution is -2.36. The van der Waals surface area contributed by atoms with Crippen LogP contribution in [0, 0.1) is 12.7 Å². The van der Waals surface area contributed by atoms with Crippen LogP contribution < -0.4 is 10.6 Å². The number of urea groups is 1. The molecule has 0 aliphatic carbocycles. The number of amides is 2. The van der Waals surface area contributed by atoms with Gasteiger partial charge in [0.1, 0.15) is 12.4 Å². The summed E-state index contributed by atoms with van der Waals surface area (Å²) in [4.78, 5) is 11.0. The van der Waals surface area contributed by atoms with E-state index < -0.39 is 24.6 Å². The van der Waals surface area contributed by atoms with Crippen molar-refractivity contribution in [2.24, 2.45) is 0 Å². The number of nitrogens with one attached hydrogen (secondary N) is 2. The molecule has 0 fully saturated rings. The fourth-order valence-corrected chi connectivity index (χ4v) is 1.16. The van der Waals surface area contributed by atoms with Gasteiger partial charge in [0.05, 0.1) is 0 Å². The summed E-state index contributed by atoms with van der Waals surface area (Å²) in [6.45, 7) is 0.162. The van der Waals surface area contributed by atoms with Gasteiger partial charge in [0.25, 0.3) is 0 Å². The molecule has 1 aromatic carbocycles. The van der Waals surface area contributed by atoms with Gasteiger partial charge in [0, 0.05) is 5.69 Å². The van der Waals surface area contributed by atoms with E-state index in [2.05, 4.69) is 5.32 Å². The van der Waals surface area contributed by atoms with E-state index in [1.54, 1.807) is 12.2 Å². The number of carbonyl (C=O) groups is 1. The highest BCUT2D eigenvalue weighted by Gasteiger charge is 2.27. The molecule has 2 N–H and O–H groups in total. The monoisotopic (exact) mass is 250 g/mol. The van der Waals surface area contributed by atoms with Crippen molar-refractivity contribution < 1.29 is 22.4 Å². The second-order valence-electron chi connectivity index (χ2n) is 3.44. The summed E-state index contributed by atoms with van der Waals surface area (Å²) in [5, 5.41) is 3.72.